The van der Waals surface area contributed by atoms with Crippen LogP contribution in [0.4, 0.5) is 4.39 Å². The molecular formula is C14H8FN3. The zero-order valence-corrected chi connectivity index (χ0v) is 9.34. The van der Waals surface area contributed by atoms with E-state index in [2.05, 4.69) is 21.9 Å². The molecule has 0 aliphatic rings. The normalized spacial score (nSPS) is 10.1. The molecule has 0 aliphatic carbocycles. The van der Waals surface area contributed by atoms with E-state index in [0.29, 0.717) is 11.3 Å². The lowest BCUT2D eigenvalue weighted by atomic mass is 10.2. The maximum Gasteiger partial charge on any atom is 0.156 e. The number of aromatic nitrogens is 3. The van der Waals surface area contributed by atoms with Crippen molar-refractivity contribution in [2.24, 2.45) is 0 Å². The number of hydrogen-bond donors (Lipinski definition) is 0. The Labute approximate surface area is 103 Å². The molecule has 2 heterocycles. The lowest BCUT2D eigenvalue weighted by Crippen LogP contribution is -1.91. The molecule has 0 fully saturated rings. The number of hydrogen-bond acceptors (Lipinski definition) is 2. The Morgan fingerprint density at radius 1 is 1.11 bits per heavy atom. The second-order valence-corrected chi connectivity index (χ2v) is 3.71. The van der Waals surface area contributed by atoms with Gasteiger partial charge in [0.2, 0.25) is 0 Å². The van der Waals surface area contributed by atoms with Crippen LogP contribution in [0.5, 0.6) is 0 Å². The fraction of sp³-hybridized carbons (Fsp3) is 0. The highest BCUT2D eigenvalue weighted by atomic mass is 19.1. The standard InChI is InChI=1S/C14H8FN3/c15-12-3-1-2-11(10-12)4-5-13-7-9-18-14(17-13)6-8-16-18/h1-3,6-10H. The molecule has 18 heavy (non-hydrogen) atoms. The molecule has 0 saturated heterocycles. The van der Waals surface area contributed by atoms with Crippen molar-refractivity contribution in [3.05, 3.63) is 65.9 Å². The van der Waals surface area contributed by atoms with Crippen molar-refractivity contribution >= 4 is 5.65 Å². The zero-order valence-electron chi connectivity index (χ0n) is 9.34. The molecule has 3 rings (SSSR count). The van der Waals surface area contributed by atoms with Crippen LogP contribution in [0.1, 0.15) is 11.3 Å². The van der Waals surface area contributed by atoms with Gasteiger partial charge in [-0.15, -0.1) is 0 Å². The van der Waals surface area contributed by atoms with Gasteiger partial charge in [0.25, 0.3) is 0 Å². The molecule has 1 aromatic carbocycles. The number of halogens is 1. The third-order valence-corrected chi connectivity index (χ3v) is 2.42. The smallest absolute Gasteiger partial charge is 0.156 e. The van der Waals surface area contributed by atoms with Crippen LogP contribution in [0.3, 0.4) is 0 Å². The average molecular weight is 237 g/mol. The lowest BCUT2D eigenvalue weighted by Gasteiger charge is -1.93. The molecule has 0 saturated carbocycles. The molecule has 86 valence electrons. The Bertz CT molecular complexity index is 765. The molecule has 0 N–H and O–H groups in total. The molecule has 0 amide bonds. The molecular weight excluding hydrogens is 229 g/mol. The van der Waals surface area contributed by atoms with Crippen molar-refractivity contribution in [3.63, 3.8) is 0 Å². The summed E-state index contributed by atoms with van der Waals surface area (Å²) in [5.41, 5.74) is 2.00. The van der Waals surface area contributed by atoms with Gasteiger partial charge in [0.05, 0.1) is 6.20 Å². The Balaban J connectivity index is 1.97. The van der Waals surface area contributed by atoms with Crippen LogP contribution in [0.2, 0.25) is 0 Å². The third-order valence-electron chi connectivity index (χ3n) is 2.42. The number of nitrogens with zero attached hydrogens (tertiary/aromatic N) is 3. The molecule has 0 spiro atoms. The Morgan fingerprint density at radius 3 is 2.94 bits per heavy atom. The molecule has 0 unspecified atom stereocenters. The van der Waals surface area contributed by atoms with Crippen molar-refractivity contribution in [3.8, 4) is 11.8 Å². The Hall–Kier alpha value is -2.67. The van der Waals surface area contributed by atoms with Crippen LogP contribution in [0, 0.1) is 17.7 Å². The van der Waals surface area contributed by atoms with Crippen molar-refractivity contribution in [2.45, 2.75) is 0 Å². The summed E-state index contributed by atoms with van der Waals surface area (Å²) < 4.78 is 14.6. The van der Waals surface area contributed by atoms with Gasteiger partial charge in [-0.3, -0.25) is 0 Å². The van der Waals surface area contributed by atoms with Gasteiger partial charge in [0.15, 0.2) is 5.65 Å². The van der Waals surface area contributed by atoms with Gasteiger partial charge in [-0.2, -0.15) is 5.10 Å². The van der Waals surface area contributed by atoms with Gasteiger partial charge in [0.1, 0.15) is 11.5 Å². The summed E-state index contributed by atoms with van der Waals surface area (Å²) in [6.07, 6.45) is 3.46. The van der Waals surface area contributed by atoms with E-state index in [1.807, 2.05) is 0 Å². The molecule has 3 nitrogen and oxygen atoms in total. The highest BCUT2D eigenvalue weighted by molar-refractivity contribution is 5.44. The summed E-state index contributed by atoms with van der Waals surface area (Å²) >= 11 is 0. The maximum absolute atomic E-state index is 13.0. The van der Waals surface area contributed by atoms with E-state index < -0.39 is 0 Å². The van der Waals surface area contributed by atoms with E-state index in [0.717, 1.165) is 5.65 Å². The molecule has 2 aromatic heterocycles. The fourth-order valence-corrected chi connectivity index (χ4v) is 1.58. The van der Waals surface area contributed by atoms with E-state index in [4.69, 9.17) is 0 Å². The second kappa shape index (κ2) is 4.30. The van der Waals surface area contributed by atoms with Crippen LogP contribution in [-0.2, 0) is 0 Å². The zero-order chi connectivity index (χ0) is 12.4. The van der Waals surface area contributed by atoms with Crippen LogP contribution >= 0.6 is 0 Å². The highest BCUT2D eigenvalue weighted by Gasteiger charge is 1.95. The summed E-state index contributed by atoms with van der Waals surface area (Å²) in [4.78, 5) is 4.31. The van der Waals surface area contributed by atoms with E-state index in [9.17, 15) is 4.39 Å². The van der Waals surface area contributed by atoms with Crippen molar-refractivity contribution in [1.82, 2.24) is 14.6 Å². The highest BCUT2D eigenvalue weighted by Crippen LogP contribution is 2.03. The van der Waals surface area contributed by atoms with Crippen molar-refractivity contribution in [2.75, 3.05) is 0 Å². The molecule has 0 bridgehead atoms. The minimum absolute atomic E-state index is 0.291. The van der Waals surface area contributed by atoms with E-state index in [1.54, 1.807) is 41.2 Å². The monoisotopic (exact) mass is 237 g/mol. The maximum atomic E-state index is 13.0. The summed E-state index contributed by atoms with van der Waals surface area (Å²) in [6, 6.07) is 9.74. The predicted octanol–water partition coefficient (Wildman–Crippen LogP) is 2.27. The lowest BCUT2D eigenvalue weighted by molar-refractivity contribution is 0.627. The van der Waals surface area contributed by atoms with Gasteiger partial charge in [-0.1, -0.05) is 12.0 Å². The molecule has 4 heteroatoms. The first-order chi connectivity index (χ1) is 8.81. The molecule has 0 aliphatic heterocycles. The van der Waals surface area contributed by atoms with Gasteiger partial charge >= 0.3 is 0 Å². The first-order valence-corrected chi connectivity index (χ1v) is 5.39. The fourth-order valence-electron chi connectivity index (χ4n) is 1.58. The average Bonchev–Trinajstić information content (AvgIpc) is 2.84. The third kappa shape index (κ3) is 2.06. The van der Waals surface area contributed by atoms with E-state index in [1.165, 1.54) is 12.1 Å². The number of benzene rings is 1. The predicted molar refractivity (Wildman–Crippen MR) is 65.4 cm³/mol. The Kier molecular flexibility index (Phi) is 2.50. The van der Waals surface area contributed by atoms with Crippen LogP contribution in [0.15, 0.2) is 48.8 Å². The van der Waals surface area contributed by atoms with Crippen LogP contribution in [-0.4, -0.2) is 14.6 Å². The molecule has 0 atom stereocenters. The van der Waals surface area contributed by atoms with E-state index in [-0.39, 0.29) is 5.82 Å². The van der Waals surface area contributed by atoms with Crippen molar-refractivity contribution in [1.29, 1.82) is 0 Å². The molecule has 0 radical (unpaired) electrons. The quantitative estimate of drug-likeness (QED) is 0.561. The van der Waals surface area contributed by atoms with Gasteiger partial charge in [-0.05, 0) is 30.2 Å². The van der Waals surface area contributed by atoms with Gasteiger partial charge in [0, 0.05) is 17.8 Å². The summed E-state index contributed by atoms with van der Waals surface area (Å²) in [6.45, 7) is 0. The number of rotatable bonds is 0. The minimum atomic E-state index is -0.291. The minimum Gasteiger partial charge on any atom is -0.223 e. The second-order valence-electron chi connectivity index (χ2n) is 3.71. The Morgan fingerprint density at radius 2 is 2.06 bits per heavy atom. The SMILES string of the molecule is Fc1cccc(C#Cc2ccn3nccc3n2)c1. The number of fused-ring (bicyclic) bond motifs is 1. The first kappa shape index (κ1) is 10.5. The summed E-state index contributed by atoms with van der Waals surface area (Å²) in [7, 11) is 0. The first-order valence-electron chi connectivity index (χ1n) is 5.39. The van der Waals surface area contributed by atoms with Crippen LogP contribution in [0.25, 0.3) is 5.65 Å². The van der Waals surface area contributed by atoms with Gasteiger partial charge in [-0.25, -0.2) is 13.9 Å². The largest absolute Gasteiger partial charge is 0.223 e. The summed E-state index contributed by atoms with van der Waals surface area (Å²) in [5, 5.41) is 4.05. The van der Waals surface area contributed by atoms with Crippen molar-refractivity contribution < 1.29 is 4.39 Å². The van der Waals surface area contributed by atoms with E-state index >= 15 is 0 Å². The topological polar surface area (TPSA) is 30.2 Å². The summed E-state index contributed by atoms with van der Waals surface area (Å²) in [5.74, 6) is 5.49. The molecule has 3 aromatic rings. The van der Waals surface area contributed by atoms with Crippen LogP contribution < -0.4 is 0 Å². The van der Waals surface area contributed by atoms with Gasteiger partial charge < -0.3 is 0 Å².